The maximum Gasteiger partial charge on any atom is 0.251 e. The lowest BCUT2D eigenvalue weighted by Crippen LogP contribution is -2.45. The van der Waals surface area contributed by atoms with Crippen LogP contribution in [0.1, 0.15) is 39.0 Å². The summed E-state index contributed by atoms with van der Waals surface area (Å²) in [6.07, 6.45) is 6.18. The number of amides is 2. The van der Waals surface area contributed by atoms with Crippen molar-refractivity contribution in [2.24, 2.45) is 0 Å². The lowest BCUT2D eigenvalue weighted by molar-refractivity contribution is -0.127. The van der Waals surface area contributed by atoms with E-state index in [1.54, 1.807) is 12.3 Å². The molecule has 1 unspecified atom stereocenters. The van der Waals surface area contributed by atoms with Crippen molar-refractivity contribution < 1.29 is 9.59 Å². The molecule has 0 aliphatic carbocycles. The highest BCUT2D eigenvalue weighted by molar-refractivity contribution is 9.10. The van der Waals surface area contributed by atoms with Gasteiger partial charge in [0.05, 0.1) is 0 Å². The van der Waals surface area contributed by atoms with Crippen LogP contribution in [0, 0.1) is 0 Å². The number of unbranched alkanes of at least 4 members (excludes halogenated alkanes) is 1. The van der Waals surface area contributed by atoms with Crippen molar-refractivity contribution in [2.45, 2.75) is 51.6 Å². The van der Waals surface area contributed by atoms with Crippen LogP contribution in [0.5, 0.6) is 0 Å². The van der Waals surface area contributed by atoms with Crippen molar-refractivity contribution >= 4 is 39.1 Å². The predicted octanol–water partition coefficient (Wildman–Crippen LogP) is 3.52. The van der Waals surface area contributed by atoms with Gasteiger partial charge < -0.3 is 20.1 Å². The number of carbonyl (C=O) groups excluding carboxylic acids is 2. The van der Waals surface area contributed by atoms with Gasteiger partial charge in [-0.1, -0.05) is 25.8 Å². The maximum absolute atomic E-state index is 12.9. The Kier molecular flexibility index (Phi) is 8.28. The van der Waals surface area contributed by atoms with Gasteiger partial charge in [-0.15, -0.1) is 0 Å². The normalized spacial score (nSPS) is 14.3. The standard InChI is InChI=1S/C23H29BrN4O3/c1-2-3-9-20(26-21(29)16-28-15-17(24)10-11-22(28)30)23(31)25-18-7-6-8-19(14-18)27-12-4-5-13-27/h6-8,10-11,14-15,20H,2-5,9,12-13,16H2,1H3,(H,25,31)(H,26,29). The Labute approximate surface area is 191 Å². The van der Waals surface area contributed by atoms with Gasteiger partial charge in [0.25, 0.3) is 5.56 Å². The number of rotatable bonds is 9. The van der Waals surface area contributed by atoms with Gasteiger partial charge >= 0.3 is 0 Å². The van der Waals surface area contributed by atoms with E-state index in [-0.39, 0.29) is 23.9 Å². The molecule has 2 amide bonds. The zero-order chi connectivity index (χ0) is 22.2. The molecule has 7 nitrogen and oxygen atoms in total. The van der Waals surface area contributed by atoms with Gasteiger partial charge in [0.1, 0.15) is 12.6 Å². The van der Waals surface area contributed by atoms with Crippen molar-refractivity contribution in [1.29, 1.82) is 0 Å². The number of aromatic nitrogens is 1. The summed E-state index contributed by atoms with van der Waals surface area (Å²) in [4.78, 5) is 39.8. The maximum atomic E-state index is 12.9. The quantitative estimate of drug-likeness (QED) is 0.565. The van der Waals surface area contributed by atoms with E-state index in [9.17, 15) is 14.4 Å². The summed E-state index contributed by atoms with van der Waals surface area (Å²) in [6, 6.07) is 10.2. The number of hydrogen-bond donors (Lipinski definition) is 2. The minimum absolute atomic E-state index is 0.140. The van der Waals surface area contributed by atoms with Crippen LogP contribution in [0.4, 0.5) is 11.4 Å². The fraction of sp³-hybridized carbons (Fsp3) is 0.435. The summed E-state index contributed by atoms with van der Waals surface area (Å²) in [5.74, 6) is -0.621. The molecule has 2 N–H and O–H groups in total. The molecule has 1 aromatic carbocycles. The molecule has 0 spiro atoms. The zero-order valence-electron chi connectivity index (χ0n) is 17.8. The molecule has 1 aromatic heterocycles. The van der Waals surface area contributed by atoms with Crippen LogP contribution in [-0.4, -0.2) is 35.5 Å². The molecule has 1 fully saturated rings. The minimum Gasteiger partial charge on any atom is -0.371 e. The van der Waals surface area contributed by atoms with E-state index >= 15 is 0 Å². The molecule has 3 rings (SSSR count). The Balaban J connectivity index is 1.66. The summed E-state index contributed by atoms with van der Waals surface area (Å²) < 4.78 is 2.02. The number of benzene rings is 1. The van der Waals surface area contributed by atoms with Crippen LogP contribution in [0.2, 0.25) is 0 Å². The number of halogens is 1. The number of nitrogens with one attached hydrogen (secondary N) is 2. The van der Waals surface area contributed by atoms with Gasteiger partial charge in [0.15, 0.2) is 0 Å². The molecular formula is C23H29BrN4O3. The van der Waals surface area contributed by atoms with Gasteiger partial charge in [0.2, 0.25) is 11.8 Å². The number of hydrogen-bond acceptors (Lipinski definition) is 4. The highest BCUT2D eigenvalue weighted by atomic mass is 79.9. The van der Waals surface area contributed by atoms with E-state index in [1.807, 2.05) is 31.2 Å². The summed E-state index contributed by atoms with van der Waals surface area (Å²) >= 11 is 3.30. The molecule has 1 aliphatic rings. The third-order valence-corrected chi connectivity index (χ3v) is 5.81. The van der Waals surface area contributed by atoms with Gasteiger partial charge in [-0.3, -0.25) is 14.4 Å². The molecule has 0 saturated carbocycles. The van der Waals surface area contributed by atoms with Crippen molar-refractivity contribution in [1.82, 2.24) is 9.88 Å². The first-order chi connectivity index (χ1) is 15.0. The SMILES string of the molecule is CCCCC(NC(=O)Cn1cc(Br)ccc1=O)C(=O)Nc1cccc(N2CCCC2)c1. The zero-order valence-corrected chi connectivity index (χ0v) is 19.4. The highest BCUT2D eigenvalue weighted by Crippen LogP contribution is 2.23. The Bertz CT molecular complexity index is 969. The second-order valence-electron chi connectivity index (χ2n) is 7.81. The molecule has 1 saturated heterocycles. The Morgan fingerprint density at radius 3 is 2.68 bits per heavy atom. The average Bonchev–Trinajstić information content (AvgIpc) is 3.29. The number of pyridine rings is 1. The summed E-state index contributed by atoms with van der Waals surface area (Å²) in [5.41, 5.74) is 1.54. The van der Waals surface area contributed by atoms with Crippen LogP contribution in [0.15, 0.2) is 51.9 Å². The Morgan fingerprint density at radius 1 is 1.16 bits per heavy atom. The number of nitrogens with zero attached hydrogens (tertiary/aromatic N) is 2. The minimum atomic E-state index is -0.661. The van der Waals surface area contributed by atoms with E-state index in [2.05, 4.69) is 31.5 Å². The fourth-order valence-electron chi connectivity index (χ4n) is 3.68. The molecular weight excluding hydrogens is 460 g/mol. The van der Waals surface area contributed by atoms with Crippen LogP contribution in [0.3, 0.4) is 0 Å². The molecule has 8 heteroatoms. The van der Waals surface area contributed by atoms with Gasteiger partial charge in [-0.2, -0.15) is 0 Å². The van der Waals surface area contributed by atoms with E-state index in [0.29, 0.717) is 16.6 Å². The molecule has 31 heavy (non-hydrogen) atoms. The third kappa shape index (κ3) is 6.69. The fourth-order valence-corrected chi connectivity index (χ4v) is 4.06. The van der Waals surface area contributed by atoms with Crippen LogP contribution < -0.4 is 21.1 Å². The van der Waals surface area contributed by atoms with Crippen LogP contribution in [-0.2, 0) is 16.1 Å². The van der Waals surface area contributed by atoms with Crippen molar-refractivity contribution in [3.05, 3.63) is 57.4 Å². The molecule has 1 aliphatic heterocycles. The van der Waals surface area contributed by atoms with Gasteiger partial charge in [0, 0.05) is 41.2 Å². The smallest absolute Gasteiger partial charge is 0.251 e. The Hall–Kier alpha value is -2.61. The molecule has 0 radical (unpaired) electrons. The van der Waals surface area contributed by atoms with E-state index in [4.69, 9.17) is 0 Å². The molecule has 1 atom stereocenters. The second kappa shape index (κ2) is 11.1. The van der Waals surface area contributed by atoms with E-state index < -0.39 is 6.04 Å². The molecule has 2 aromatic rings. The number of anilines is 2. The summed E-state index contributed by atoms with van der Waals surface area (Å²) in [7, 11) is 0. The van der Waals surface area contributed by atoms with Gasteiger partial charge in [-0.05, 0) is 59.5 Å². The average molecular weight is 489 g/mol. The summed E-state index contributed by atoms with van der Waals surface area (Å²) in [6.45, 7) is 3.96. The summed E-state index contributed by atoms with van der Waals surface area (Å²) in [5, 5.41) is 5.75. The lowest BCUT2D eigenvalue weighted by Gasteiger charge is -2.21. The predicted molar refractivity (Wildman–Crippen MR) is 126 cm³/mol. The molecule has 166 valence electrons. The van der Waals surface area contributed by atoms with Crippen molar-refractivity contribution in [3.63, 3.8) is 0 Å². The Morgan fingerprint density at radius 2 is 1.94 bits per heavy atom. The largest absolute Gasteiger partial charge is 0.371 e. The first kappa shape index (κ1) is 23.1. The third-order valence-electron chi connectivity index (χ3n) is 5.34. The first-order valence-corrected chi connectivity index (χ1v) is 11.6. The number of carbonyl (C=O) groups is 2. The second-order valence-corrected chi connectivity index (χ2v) is 8.73. The van der Waals surface area contributed by atoms with Crippen molar-refractivity contribution in [3.8, 4) is 0 Å². The first-order valence-electron chi connectivity index (χ1n) is 10.8. The lowest BCUT2D eigenvalue weighted by atomic mass is 10.1. The topological polar surface area (TPSA) is 83.4 Å². The highest BCUT2D eigenvalue weighted by Gasteiger charge is 2.21. The molecule has 0 bridgehead atoms. The van der Waals surface area contributed by atoms with E-state index in [0.717, 1.165) is 31.6 Å². The molecule has 2 heterocycles. The van der Waals surface area contributed by atoms with Crippen LogP contribution >= 0.6 is 15.9 Å². The van der Waals surface area contributed by atoms with Crippen molar-refractivity contribution in [2.75, 3.05) is 23.3 Å². The van der Waals surface area contributed by atoms with Gasteiger partial charge in [-0.25, -0.2) is 0 Å². The van der Waals surface area contributed by atoms with E-state index in [1.165, 1.54) is 23.5 Å². The monoisotopic (exact) mass is 488 g/mol. The van der Waals surface area contributed by atoms with Crippen LogP contribution in [0.25, 0.3) is 0 Å².